The number of carbonyl (C=O) groups excluding carboxylic acids is 3. The van der Waals surface area contributed by atoms with Crippen molar-refractivity contribution in [3.63, 3.8) is 0 Å². The number of hydrogen-bond acceptors (Lipinski definition) is 5. The summed E-state index contributed by atoms with van der Waals surface area (Å²) in [6.07, 6.45) is 4.75. The van der Waals surface area contributed by atoms with E-state index in [1.165, 1.54) is 11.3 Å². The summed E-state index contributed by atoms with van der Waals surface area (Å²) in [6, 6.07) is 14.3. The van der Waals surface area contributed by atoms with Gasteiger partial charge in [0.15, 0.2) is 0 Å². The number of anilines is 1. The van der Waals surface area contributed by atoms with Gasteiger partial charge in [0.25, 0.3) is 11.8 Å². The van der Waals surface area contributed by atoms with Crippen LogP contribution in [0.2, 0.25) is 0 Å². The molecular formula is C24H24N4O3S. The summed E-state index contributed by atoms with van der Waals surface area (Å²) in [6.45, 7) is 1.53. The minimum absolute atomic E-state index is 0.00176. The molecule has 164 valence electrons. The smallest absolute Gasteiger partial charge is 0.263 e. The second-order valence-electron chi connectivity index (χ2n) is 7.67. The highest BCUT2D eigenvalue weighted by Crippen LogP contribution is 2.21. The van der Waals surface area contributed by atoms with Crippen molar-refractivity contribution in [2.45, 2.75) is 19.4 Å². The average Bonchev–Trinajstić information content (AvgIpc) is 3.38. The summed E-state index contributed by atoms with van der Waals surface area (Å²) in [5, 5.41) is 7.70. The quantitative estimate of drug-likeness (QED) is 0.603. The van der Waals surface area contributed by atoms with E-state index in [2.05, 4.69) is 15.6 Å². The summed E-state index contributed by atoms with van der Waals surface area (Å²) >= 11 is 1.42. The Balaban J connectivity index is 1.27. The summed E-state index contributed by atoms with van der Waals surface area (Å²) < 4.78 is 0. The Morgan fingerprint density at radius 1 is 1.06 bits per heavy atom. The fraction of sp³-hybridized carbons (Fsp3) is 0.250. The summed E-state index contributed by atoms with van der Waals surface area (Å²) in [4.78, 5) is 43.9. The second kappa shape index (κ2) is 10.2. The lowest BCUT2D eigenvalue weighted by atomic mass is 9.97. The maximum atomic E-state index is 12.7. The van der Waals surface area contributed by atoms with Crippen LogP contribution in [0.4, 0.5) is 5.69 Å². The molecule has 0 bridgehead atoms. The Kier molecular flexibility index (Phi) is 6.91. The van der Waals surface area contributed by atoms with Crippen molar-refractivity contribution >= 4 is 34.7 Å². The molecule has 1 aliphatic heterocycles. The highest BCUT2D eigenvalue weighted by molar-refractivity contribution is 7.12. The van der Waals surface area contributed by atoms with Crippen LogP contribution in [-0.4, -0.2) is 40.7 Å². The first-order chi connectivity index (χ1) is 15.6. The van der Waals surface area contributed by atoms with Gasteiger partial charge >= 0.3 is 0 Å². The van der Waals surface area contributed by atoms with Gasteiger partial charge in [0.1, 0.15) is 0 Å². The van der Waals surface area contributed by atoms with E-state index in [1.807, 2.05) is 41.8 Å². The van der Waals surface area contributed by atoms with Crippen molar-refractivity contribution in [1.29, 1.82) is 0 Å². The van der Waals surface area contributed by atoms with Gasteiger partial charge in [-0.2, -0.15) is 0 Å². The Hall–Kier alpha value is -3.52. The molecular weight excluding hydrogens is 424 g/mol. The first kappa shape index (κ1) is 21.7. The molecule has 7 nitrogen and oxygen atoms in total. The molecule has 3 amide bonds. The van der Waals surface area contributed by atoms with E-state index in [9.17, 15) is 14.4 Å². The molecule has 0 saturated carbocycles. The third kappa shape index (κ3) is 5.39. The number of piperidine rings is 1. The molecule has 1 fully saturated rings. The molecule has 0 spiro atoms. The van der Waals surface area contributed by atoms with Gasteiger partial charge in [0, 0.05) is 43.3 Å². The van der Waals surface area contributed by atoms with E-state index in [0.29, 0.717) is 35.8 Å². The van der Waals surface area contributed by atoms with Gasteiger partial charge in [-0.05, 0) is 54.1 Å². The topological polar surface area (TPSA) is 91.4 Å². The minimum Gasteiger partial charge on any atom is -0.352 e. The highest BCUT2D eigenvalue weighted by atomic mass is 32.1. The van der Waals surface area contributed by atoms with Crippen LogP contribution in [0.3, 0.4) is 0 Å². The van der Waals surface area contributed by atoms with E-state index in [0.717, 1.165) is 18.4 Å². The van der Waals surface area contributed by atoms with E-state index in [1.54, 1.807) is 29.4 Å². The maximum Gasteiger partial charge on any atom is 0.263 e. The molecule has 0 aliphatic carbocycles. The molecule has 1 saturated heterocycles. The minimum atomic E-state index is -0.202. The number of nitrogens with zero attached hydrogens (tertiary/aromatic N) is 2. The number of aromatic nitrogens is 1. The lowest BCUT2D eigenvalue weighted by Crippen LogP contribution is -2.45. The first-order valence-electron chi connectivity index (χ1n) is 10.5. The summed E-state index contributed by atoms with van der Waals surface area (Å²) in [7, 11) is 0. The van der Waals surface area contributed by atoms with Crippen molar-refractivity contribution in [1.82, 2.24) is 15.2 Å². The molecule has 32 heavy (non-hydrogen) atoms. The molecule has 0 radical (unpaired) electrons. The highest BCUT2D eigenvalue weighted by Gasteiger charge is 2.29. The SMILES string of the molecule is O=C(Nc1ccc(CNC(=O)C2CCCN(C(=O)c3cccs3)C2)cc1)c1ccncc1. The number of rotatable bonds is 6. The van der Waals surface area contributed by atoms with Gasteiger partial charge in [0.05, 0.1) is 10.8 Å². The number of nitrogens with one attached hydrogen (secondary N) is 2. The van der Waals surface area contributed by atoms with Crippen LogP contribution in [0.5, 0.6) is 0 Å². The summed E-state index contributed by atoms with van der Waals surface area (Å²) in [5.74, 6) is -0.440. The fourth-order valence-electron chi connectivity index (χ4n) is 3.68. The molecule has 1 unspecified atom stereocenters. The molecule has 1 aliphatic rings. The van der Waals surface area contributed by atoms with Crippen LogP contribution in [0.25, 0.3) is 0 Å². The first-order valence-corrected chi connectivity index (χ1v) is 11.4. The zero-order chi connectivity index (χ0) is 22.3. The Bertz CT molecular complexity index is 1070. The van der Waals surface area contributed by atoms with Crippen molar-refractivity contribution < 1.29 is 14.4 Å². The molecule has 1 atom stereocenters. The van der Waals surface area contributed by atoms with E-state index >= 15 is 0 Å². The summed E-state index contributed by atoms with van der Waals surface area (Å²) in [5.41, 5.74) is 2.15. The monoisotopic (exact) mass is 448 g/mol. The predicted octanol–water partition coefficient (Wildman–Crippen LogP) is 3.56. The zero-order valence-corrected chi connectivity index (χ0v) is 18.3. The number of benzene rings is 1. The van der Waals surface area contributed by atoms with Crippen LogP contribution in [0, 0.1) is 5.92 Å². The Morgan fingerprint density at radius 3 is 2.56 bits per heavy atom. The fourth-order valence-corrected chi connectivity index (χ4v) is 4.37. The Morgan fingerprint density at radius 2 is 1.84 bits per heavy atom. The van der Waals surface area contributed by atoms with E-state index < -0.39 is 0 Å². The van der Waals surface area contributed by atoms with Crippen LogP contribution in [0.1, 0.15) is 38.4 Å². The molecule has 2 N–H and O–H groups in total. The number of pyridine rings is 1. The van der Waals surface area contributed by atoms with E-state index in [4.69, 9.17) is 0 Å². The molecule has 3 heterocycles. The zero-order valence-electron chi connectivity index (χ0n) is 17.5. The van der Waals surface area contributed by atoms with Crippen molar-refractivity contribution in [2.75, 3.05) is 18.4 Å². The maximum absolute atomic E-state index is 12.7. The van der Waals surface area contributed by atoms with Gasteiger partial charge in [-0.25, -0.2) is 0 Å². The second-order valence-corrected chi connectivity index (χ2v) is 8.62. The van der Waals surface area contributed by atoms with Gasteiger partial charge in [-0.15, -0.1) is 11.3 Å². The van der Waals surface area contributed by atoms with Crippen molar-refractivity contribution in [3.05, 3.63) is 82.3 Å². The largest absolute Gasteiger partial charge is 0.352 e. The van der Waals surface area contributed by atoms with Crippen molar-refractivity contribution in [3.8, 4) is 0 Å². The van der Waals surface area contributed by atoms with Crippen LogP contribution >= 0.6 is 11.3 Å². The molecule has 8 heteroatoms. The third-order valence-corrected chi connectivity index (χ3v) is 6.29. The molecule has 3 aromatic rings. The number of carbonyl (C=O) groups is 3. The van der Waals surface area contributed by atoms with Gasteiger partial charge in [0.2, 0.25) is 5.91 Å². The standard InChI is InChI=1S/C24H24N4O3S/c29-22(19-3-1-13-28(16-19)24(31)21-4-2-14-32-21)26-15-17-5-7-20(8-6-17)27-23(30)18-9-11-25-12-10-18/h2,4-12,14,19H,1,3,13,15-16H2,(H,26,29)(H,27,30). The van der Waals surface area contributed by atoms with Crippen LogP contribution in [-0.2, 0) is 11.3 Å². The van der Waals surface area contributed by atoms with Gasteiger partial charge in [-0.1, -0.05) is 18.2 Å². The van der Waals surface area contributed by atoms with Gasteiger partial charge < -0.3 is 15.5 Å². The van der Waals surface area contributed by atoms with Gasteiger partial charge in [-0.3, -0.25) is 19.4 Å². The number of amides is 3. The molecule has 2 aromatic heterocycles. The lowest BCUT2D eigenvalue weighted by molar-refractivity contribution is -0.126. The van der Waals surface area contributed by atoms with Crippen molar-refractivity contribution in [2.24, 2.45) is 5.92 Å². The number of thiophene rings is 1. The molecule has 4 rings (SSSR count). The third-order valence-electron chi connectivity index (χ3n) is 5.43. The van der Waals surface area contributed by atoms with E-state index in [-0.39, 0.29) is 23.6 Å². The average molecular weight is 449 g/mol. The number of likely N-dealkylation sites (tertiary alicyclic amines) is 1. The normalized spacial score (nSPS) is 15.8. The number of hydrogen-bond donors (Lipinski definition) is 2. The lowest BCUT2D eigenvalue weighted by Gasteiger charge is -2.31. The van der Waals surface area contributed by atoms with Crippen LogP contribution < -0.4 is 10.6 Å². The van der Waals surface area contributed by atoms with Crippen LogP contribution in [0.15, 0.2) is 66.3 Å². The predicted molar refractivity (Wildman–Crippen MR) is 123 cm³/mol. The molecule has 1 aromatic carbocycles. The Labute approximate surface area is 190 Å².